The van der Waals surface area contributed by atoms with E-state index in [0.29, 0.717) is 30.5 Å². The van der Waals surface area contributed by atoms with Gasteiger partial charge in [-0.25, -0.2) is 4.98 Å². The van der Waals surface area contributed by atoms with Crippen LogP contribution >= 0.6 is 23.1 Å². The van der Waals surface area contributed by atoms with Crippen LogP contribution in [0.2, 0.25) is 0 Å². The number of thioether (sulfide) groups is 1. The van der Waals surface area contributed by atoms with E-state index in [1.54, 1.807) is 28.9 Å². The highest BCUT2D eigenvalue weighted by molar-refractivity contribution is 7.99. The molecule has 0 aliphatic heterocycles. The van der Waals surface area contributed by atoms with Gasteiger partial charge >= 0.3 is 5.97 Å². The molecule has 0 unspecified atom stereocenters. The molecule has 128 valence electrons. The Bertz CT molecular complexity index is 838. The Kier molecular flexibility index (Phi) is 5.40. The summed E-state index contributed by atoms with van der Waals surface area (Å²) in [6.07, 6.45) is 5.14. The van der Waals surface area contributed by atoms with Crippen LogP contribution in [0.3, 0.4) is 0 Å². The molecule has 24 heavy (non-hydrogen) atoms. The van der Waals surface area contributed by atoms with Gasteiger partial charge < -0.3 is 4.74 Å². The van der Waals surface area contributed by atoms with Gasteiger partial charge in [0, 0.05) is 17.2 Å². The molecule has 0 aromatic carbocycles. The highest BCUT2D eigenvalue weighted by Gasteiger charge is 2.23. The average molecular weight is 364 g/mol. The zero-order valence-electron chi connectivity index (χ0n) is 13.7. The third kappa shape index (κ3) is 3.28. The van der Waals surface area contributed by atoms with Crippen molar-refractivity contribution in [3.63, 3.8) is 0 Å². The highest BCUT2D eigenvalue weighted by atomic mass is 32.2. The lowest BCUT2D eigenvalue weighted by Crippen LogP contribution is -2.23. The second-order valence-corrected chi connectivity index (χ2v) is 7.69. The summed E-state index contributed by atoms with van der Waals surface area (Å²) in [5.41, 5.74) is 1.20. The molecule has 2 heterocycles. The number of hydrogen-bond donors (Lipinski definition) is 0. The summed E-state index contributed by atoms with van der Waals surface area (Å²) in [6.45, 7) is 6.34. The molecule has 3 rings (SSSR count). The van der Waals surface area contributed by atoms with E-state index in [4.69, 9.17) is 9.72 Å². The predicted molar refractivity (Wildman–Crippen MR) is 98.1 cm³/mol. The molecule has 1 aliphatic carbocycles. The van der Waals surface area contributed by atoms with Crippen molar-refractivity contribution in [2.24, 2.45) is 0 Å². The van der Waals surface area contributed by atoms with Crippen LogP contribution in [-0.2, 0) is 28.9 Å². The number of allylic oxidation sites excluding steroid dienone is 1. The first kappa shape index (κ1) is 17.2. The number of esters is 1. The van der Waals surface area contributed by atoms with Crippen LogP contribution in [0.5, 0.6) is 0 Å². The van der Waals surface area contributed by atoms with Crippen molar-refractivity contribution in [2.75, 3.05) is 12.4 Å². The molecule has 0 N–H and O–H groups in total. The number of rotatable bonds is 7. The number of hydrogen-bond acceptors (Lipinski definition) is 6. The maximum Gasteiger partial charge on any atom is 0.306 e. The van der Waals surface area contributed by atoms with Crippen LogP contribution in [0.25, 0.3) is 10.2 Å². The van der Waals surface area contributed by atoms with Crippen LogP contribution in [0.1, 0.15) is 30.2 Å². The third-order valence-electron chi connectivity index (χ3n) is 3.94. The molecule has 1 aliphatic rings. The molecule has 7 heteroatoms. The molecule has 0 atom stereocenters. The quantitative estimate of drug-likeness (QED) is 0.327. The fourth-order valence-corrected chi connectivity index (χ4v) is 5.15. The molecule has 0 spiro atoms. The maximum atomic E-state index is 12.9. The predicted octanol–water partition coefficient (Wildman–Crippen LogP) is 3.18. The summed E-state index contributed by atoms with van der Waals surface area (Å²) in [6, 6.07) is 0. The van der Waals surface area contributed by atoms with Crippen LogP contribution in [0.15, 0.2) is 22.6 Å². The molecule has 5 nitrogen and oxygen atoms in total. The minimum absolute atomic E-state index is 0.0120. The SMILES string of the molecule is C=CCn1c(SCCC(=O)OCC)nc2sc3c(c2c1=O)CCC3. The molecule has 0 amide bonds. The van der Waals surface area contributed by atoms with Gasteiger partial charge in [-0.1, -0.05) is 17.8 Å². The molecule has 0 radical (unpaired) electrons. The summed E-state index contributed by atoms with van der Waals surface area (Å²) in [7, 11) is 0. The number of aryl methyl sites for hydroxylation is 2. The summed E-state index contributed by atoms with van der Waals surface area (Å²) in [5.74, 6) is 0.317. The smallest absolute Gasteiger partial charge is 0.306 e. The lowest BCUT2D eigenvalue weighted by molar-refractivity contribution is -0.142. The summed E-state index contributed by atoms with van der Waals surface area (Å²) >= 11 is 3.05. The van der Waals surface area contributed by atoms with Crippen molar-refractivity contribution in [3.05, 3.63) is 33.4 Å². The minimum atomic E-state index is -0.223. The Labute approximate surface area is 148 Å². The largest absolute Gasteiger partial charge is 0.466 e. The van der Waals surface area contributed by atoms with Gasteiger partial charge in [-0.15, -0.1) is 17.9 Å². The van der Waals surface area contributed by atoms with Gasteiger partial charge in [0.2, 0.25) is 0 Å². The second kappa shape index (κ2) is 7.53. The Hall–Kier alpha value is -1.60. The first-order valence-corrected chi connectivity index (χ1v) is 9.90. The van der Waals surface area contributed by atoms with Gasteiger partial charge in [0.25, 0.3) is 5.56 Å². The van der Waals surface area contributed by atoms with Crippen LogP contribution in [-0.4, -0.2) is 27.9 Å². The molecule has 2 aromatic heterocycles. The Balaban J connectivity index is 1.92. The van der Waals surface area contributed by atoms with Gasteiger partial charge in [-0.3, -0.25) is 14.2 Å². The van der Waals surface area contributed by atoms with Gasteiger partial charge in [0.05, 0.1) is 18.4 Å². The van der Waals surface area contributed by atoms with Crippen molar-refractivity contribution >= 4 is 39.3 Å². The van der Waals surface area contributed by atoms with E-state index in [0.717, 1.165) is 29.5 Å². The lowest BCUT2D eigenvalue weighted by atomic mass is 10.2. The normalized spacial score (nSPS) is 13.2. The van der Waals surface area contributed by atoms with E-state index in [-0.39, 0.29) is 11.5 Å². The lowest BCUT2D eigenvalue weighted by Gasteiger charge is -2.10. The van der Waals surface area contributed by atoms with Gasteiger partial charge in [0.15, 0.2) is 5.16 Å². The monoisotopic (exact) mass is 364 g/mol. The molecule has 0 bridgehead atoms. The highest BCUT2D eigenvalue weighted by Crippen LogP contribution is 2.35. The van der Waals surface area contributed by atoms with E-state index < -0.39 is 0 Å². The van der Waals surface area contributed by atoms with Gasteiger partial charge in [0.1, 0.15) is 4.83 Å². The molecular formula is C17H20N2O3S2. The van der Waals surface area contributed by atoms with E-state index in [1.165, 1.54) is 22.2 Å². The fourth-order valence-electron chi connectivity index (χ4n) is 2.92. The zero-order chi connectivity index (χ0) is 17.1. The third-order valence-corrected chi connectivity index (χ3v) is 6.11. The minimum Gasteiger partial charge on any atom is -0.466 e. The molecule has 0 saturated carbocycles. The Morgan fingerprint density at radius 1 is 1.50 bits per heavy atom. The van der Waals surface area contributed by atoms with E-state index >= 15 is 0 Å². The maximum absolute atomic E-state index is 12.9. The van der Waals surface area contributed by atoms with Crippen molar-refractivity contribution < 1.29 is 9.53 Å². The molecule has 2 aromatic rings. The van der Waals surface area contributed by atoms with Crippen molar-refractivity contribution in [3.8, 4) is 0 Å². The zero-order valence-corrected chi connectivity index (χ0v) is 15.3. The Morgan fingerprint density at radius 2 is 2.33 bits per heavy atom. The topological polar surface area (TPSA) is 61.2 Å². The molecule has 0 fully saturated rings. The van der Waals surface area contributed by atoms with Crippen molar-refractivity contribution in [2.45, 2.75) is 44.3 Å². The van der Waals surface area contributed by atoms with Crippen LogP contribution in [0, 0.1) is 0 Å². The first-order valence-electron chi connectivity index (χ1n) is 8.10. The molecule has 0 saturated heterocycles. The number of carbonyl (C=O) groups excluding carboxylic acids is 1. The first-order chi connectivity index (χ1) is 11.7. The summed E-state index contributed by atoms with van der Waals surface area (Å²) in [5, 5.41) is 1.43. The number of carbonyl (C=O) groups is 1. The summed E-state index contributed by atoms with van der Waals surface area (Å²) in [4.78, 5) is 31.2. The van der Waals surface area contributed by atoms with Crippen molar-refractivity contribution in [1.82, 2.24) is 9.55 Å². The second-order valence-electron chi connectivity index (χ2n) is 5.54. The van der Waals surface area contributed by atoms with Crippen molar-refractivity contribution in [1.29, 1.82) is 0 Å². The van der Waals surface area contributed by atoms with E-state index in [9.17, 15) is 9.59 Å². The van der Waals surface area contributed by atoms with E-state index in [2.05, 4.69) is 6.58 Å². The van der Waals surface area contributed by atoms with E-state index in [1.807, 2.05) is 0 Å². The van der Waals surface area contributed by atoms with Crippen LogP contribution < -0.4 is 5.56 Å². The Morgan fingerprint density at radius 3 is 3.08 bits per heavy atom. The number of aromatic nitrogens is 2. The van der Waals surface area contributed by atoms with Gasteiger partial charge in [-0.05, 0) is 31.7 Å². The summed E-state index contributed by atoms with van der Waals surface area (Å²) < 4.78 is 6.60. The number of nitrogens with zero attached hydrogens (tertiary/aromatic N) is 2. The average Bonchev–Trinajstić information content (AvgIpc) is 3.11. The molecular weight excluding hydrogens is 344 g/mol. The number of thiophene rings is 1. The fraction of sp³-hybridized carbons (Fsp3) is 0.471. The standard InChI is InChI=1S/C17H20N2O3S2/c1-3-9-19-16(21)14-11-6-5-7-12(11)24-15(14)18-17(19)23-10-8-13(20)22-4-2/h3H,1,4-10H2,2H3. The van der Waals surface area contributed by atoms with Crippen LogP contribution in [0.4, 0.5) is 0 Å². The van der Waals surface area contributed by atoms with Gasteiger partial charge in [-0.2, -0.15) is 0 Å². The number of fused-ring (bicyclic) bond motifs is 3. The number of ether oxygens (including phenoxy) is 1.